The van der Waals surface area contributed by atoms with Crippen molar-refractivity contribution in [2.24, 2.45) is 5.92 Å². The van der Waals surface area contributed by atoms with Crippen LogP contribution in [-0.4, -0.2) is 43.4 Å². The zero-order chi connectivity index (χ0) is 14.9. The number of benzene rings is 1. The van der Waals surface area contributed by atoms with Crippen LogP contribution >= 0.6 is 11.3 Å². The molecule has 0 saturated carbocycles. The van der Waals surface area contributed by atoms with Gasteiger partial charge < -0.3 is 0 Å². The van der Waals surface area contributed by atoms with E-state index in [1.807, 2.05) is 18.2 Å². The summed E-state index contributed by atoms with van der Waals surface area (Å²) in [5, 5.41) is 1.12. The van der Waals surface area contributed by atoms with Crippen LogP contribution in [0.2, 0.25) is 0 Å². The summed E-state index contributed by atoms with van der Waals surface area (Å²) in [7, 11) is -0.669. The van der Waals surface area contributed by atoms with Crippen LogP contribution in [0.15, 0.2) is 24.3 Å². The number of nitrogens with zero attached hydrogens (tertiary/aromatic N) is 2. The summed E-state index contributed by atoms with van der Waals surface area (Å²) in [6.07, 6.45) is 1.79. The van der Waals surface area contributed by atoms with Gasteiger partial charge in [0, 0.05) is 0 Å². The summed E-state index contributed by atoms with van der Waals surface area (Å²) in [5.41, 5.74) is 1.06. The van der Waals surface area contributed by atoms with Gasteiger partial charge in [-0.2, -0.15) is 0 Å². The number of aromatic nitrogens is 1. The first-order chi connectivity index (χ1) is 10.0. The molecule has 0 radical (unpaired) electrons. The zero-order valence-corrected chi connectivity index (χ0v) is 13.8. The molecular weight excluding hydrogens is 304 g/mol. The van der Waals surface area contributed by atoms with Gasteiger partial charge in [0.1, 0.15) is 5.01 Å². The average molecular weight is 324 g/mol. The van der Waals surface area contributed by atoms with E-state index < -0.39 is 9.84 Å². The first kappa shape index (κ1) is 14.9. The van der Waals surface area contributed by atoms with Crippen LogP contribution in [0.3, 0.4) is 0 Å². The molecule has 114 valence electrons. The predicted octanol–water partition coefficient (Wildman–Crippen LogP) is 2.55. The molecule has 4 nitrogen and oxygen atoms in total. The molecule has 1 aliphatic heterocycles. The number of hydrogen-bond acceptors (Lipinski definition) is 5. The molecule has 2 heterocycles. The summed E-state index contributed by atoms with van der Waals surface area (Å²) in [5.74, 6) is 1.09. The molecule has 3 rings (SSSR count). The molecule has 1 aliphatic rings. The highest BCUT2D eigenvalue weighted by atomic mass is 32.2. The smallest absolute Gasteiger partial charge is 0.150 e. The topological polar surface area (TPSA) is 50.3 Å². The molecular formula is C15H20N2O2S2. The van der Waals surface area contributed by atoms with E-state index in [0.29, 0.717) is 17.4 Å². The predicted molar refractivity (Wildman–Crippen MR) is 87.3 cm³/mol. The molecule has 6 heteroatoms. The maximum atomic E-state index is 11.5. The third-order valence-electron chi connectivity index (χ3n) is 3.99. The number of rotatable bonds is 5. The van der Waals surface area contributed by atoms with E-state index in [1.54, 1.807) is 11.3 Å². The molecule has 1 saturated heterocycles. The molecule has 21 heavy (non-hydrogen) atoms. The van der Waals surface area contributed by atoms with Crippen molar-refractivity contribution < 1.29 is 8.42 Å². The van der Waals surface area contributed by atoms with E-state index in [-0.39, 0.29) is 0 Å². The van der Waals surface area contributed by atoms with Crippen molar-refractivity contribution in [2.75, 3.05) is 25.1 Å². The van der Waals surface area contributed by atoms with Crippen LogP contribution in [0, 0.1) is 5.92 Å². The maximum Gasteiger partial charge on any atom is 0.150 e. The highest BCUT2D eigenvalue weighted by molar-refractivity contribution is 7.91. The lowest BCUT2D eigenvalue weighted by Crippen LogP contribution is -2.21. The van der Waals surface area contributed by atoms with Crippen molar-refractivity contribution in [3.63, 3.8) is 0 Å². The summed E-state index contributed by atoms with van der Waals surface area (Å²) in [4.78, 5) is 6.88. The fourth-order valence-electron chi connectivity index (χ4n) is 2.80. The van der Waals surface area contributed by atoms with Gasteiger partial charge in [-0.1, -0.05) is 12.1 Å². The van der Waals surface area contributed by atoms with Crippen LogP contribution in [0.4, 0.5) is 0 Å². The normalized spacial score (nSPS) is 21.3. The Labute approximate surface area is 129 Å². The van der Waals surface area contributed by atoms with Crippen molar-refractivity contribution in [1.82, 2.24) is 9.88 Å². The SMILES string of the molecule is CN(CC[C@H]1CCS(=O)(=O)C1)Cc1nc2ccccc2s1. The van der Waals surface area contributed by atoms with Gasteiger partial charge in [-0.25, -0.2) is 13.4 Å². The fourth-order valence-corrected chi connectivity index (χ4v) is 5.76. The standard InChI is InChI=1S/C15H20N2O2S2/c1-17(8-6-12-7-9-21(18,19)11-12)10-15-16-13-4-2-3-5-14(13)20-15/h2-5,12H,6-11H2,1H3/t12-/m0/s1. The summed E-state index contributed by atoms with van der Waals surface area (Å²) in [6.45, 7) is 1.76. The Morgan fingerprint density at radius 3 is 2.90 bits per heavy atom. The number of hydrogen-bond donors (Lipinski definition) is 0. The molecule has 1 aromatic heterocycles. The van der Waals surface area contributed by atoms with Crippen molar-refractivity contribution in [2.45, 2.75) is 19.4 Å². The van der Waals surface area contributed by atoms with Gasteiger partial charge in [0.25, 0.3) is 0 Å². The lowest BCUT2D eigenvalue weighted by Gasteiger charge is -2.17. The van der Waals surface area contributed by atoms with E-state index >= 15 is 0 Å². The Hall–Kier alpha value is -0.980. The first-order valence-electron chi connectivity index (χ1n) is 7.25. The van der Waals surface area contributed by atoms with E-state index in [1.165, 1.54) is 4.70 Å². The van der Waals surface area contributed by atoms with Gasteiger partial charge in [0.05, 0.1) is 28.3 Å². The summed E-state index contributed by atoms with van der Waals surface area (Å²) < 4.78 is 24.1. The second-order valence-electron chi connectivity index (χ2n) is 5.87. The molecule has 1 aromatic carbocycles. The Morgan fingerprint density at radius 2 is 2.19 bits per heavy atom. The average Bonchev–Trinajstić information content (AvgIpc) is 2.98. The lowest BCUT2D eigenvalue weighted by molar-refractivity contribution is 0.299. The zero-order valence-electron chi connectivity index (χ0n) is 12.2. The Bertz CT molecular complexity index is 691. The molecule has 0 amide bonds. The van der Waals surface area contributed by atoms with Crippen LogP contribution in [-0.2, 0) is 16.4 Å². The Morgan fingerprint density at radius 1 is 1.38 bits per heavy atom. The highest BCUT2D eigenvalue weighted by Gasteiger charge is 2.27. The van der Waals surface area contributed by atoms with Gasteiger partial charge in [0.2, 0.25) is 0 Å². The van der Waals surface area contributed by atoms with Crippen LogP contribution in [0.5, 0.6) is 0 Å². The monoisotopic (exact) mass is 324 g/mol. The Kier molecular flexibility index (Phi) is 4.28. The van der Waals surface area contributed by atoms with E-state index in [0.717, 1.165) is 36.5 Å². The van der Waals surface area contributed by atoms with Crippen LogP contribution in [0.1, 0.15) is 17.8 Å². The first-order valence-corrected chi connectivity index (χ1v) is 9.89. The third kappa shape index (κ3) is 3.81. The lowest BCUT2D eigenvalue weighted by atomic mass is 10.1. The second-order valence-corrected chi connectivity index (χ2v) is 9.21. The van der Waals surface area contributed by atoms with Gasteiger partial charge >= 0.3 is 0 Å². The number of thiazole rings is 1. The van der Waals surface area contributed by atoms with Gasteiger partial charge in [-0.15, -0.1) is 11.3 Å². The van der Waals surface area contributed by atoms with Crippen LogP contribution < -0.4 is 0 Å². The quantitative estimate of drug-likeness (QED) is 0.848. The van der Waals surface area contributed by atoms with E-state index in [9.17, 15) is 8.42 Å². The van der Waals surface area contributed by atoms with Gasteiger partial charge in [-0.05, 0) is 44.5 Å². The molecule has 0 aliphatic carbocycles. The summed E-state index contributed by atoms with van der Waals surface area (Å²) in [6, 6.07) is 8.18. The molecule has 1 fully saturated rings. The van der Waals surface area contributed by atoms with Crippen LogP contribution in [0.25, 0.3) is 10.2 Å². The largest absolute Gasteiger partial charge is 0.300 e. The van der Waals surface area contributed by atoms with Crippen molar-refractivity contribution >= 4 is 31.4 Å². The molecule has 0 N–H and O–H groups in total. The minimum atomic E-state index is -2.75. The minimum Gasteiger partial charge on any atom is -0.300 e. The number of fused-ring (bicyclic) bond motifs is 1. The molecule has 0 bridgehead atoms. The Balaban J connectivity index is 1.53. The molecule has 1 atom stereocenters. The highest BCUT2D eigenvalue weighted by Crippen LogP contribution is 2.24. The molecule has 0 unspecified atom stereocenters. The van der Waals surface area contributed by atoms with E-state index in [2.05, 4.69) is 23.0 Å². The van der Waals surface area contributed by atoms with Crippen molar-refractivity contribution in [3.05, 3.63) is 29.3 Å². The molecule has 0 spiro atoms. The number of sulfone groups is 1. The van der Waals surface area contributed by atoms with E-state index in [4.69, 9.17) is 0 Å². The number of para-hydroxylation sites is 1. The third-order valence-corrected chi connectivity index (χ3v) is 6.85. The van der Waals surface area contributed by atoms with Crippen molar-refractivity contribution in [1.29, 1.82) is 0 Å². The summed E-state index contributed by atoms with van der Waals surface area (Å²) >= 11 is 1.73. The van der Waals surface area contributed by atoms with Gasteiger partial charge in [-0.3, -0.25) is 4.90 Å². The molecule has 2 aromatic rings. The minimum absolute atomic E-state index is 0.341. The van der Waals surface area contributed by atoms with Gasteiger partial charge in [0.15, 0.2) is 9.84 Å². The fraction of sp³-hybridized carbons (Fsp3) is 0.533. The maximum absolute atomic E-state index is 11.5. The second kappa shape index (κ2) is 6.02. The van der Waals surface area contributed by atoms with Crippen molar-refractivity contribution in [3.8, 4) is 0 Å².